The summed E-state index contributed by atoms with van der Waals surface area (Å²) in [5.41, 5.74) is -0.338. The molecule has 0 aromatic carbocycles. The van der Waals surface area contributed by atoms with E-state index >= 15 is 0 Å². The van der Waals surface area contributed by atoms with E-state index in [0.717, 1.165) is 31.6 Å². The lowest BCUT2D eigenvalue weighted by Crippen LogP contribution is -2.34. The predicted molar refractivity (Wildman–Crippen MR) is 67.1 cm³/mol. The van der Waals surface area contributed by atoms with Gasteiger partial charge in [-0.25, -0.2) is 8.42 Å². The summed E-state index contributed by atoms with van der Waals surface area (Å²) in [5.74, 6) is 1.38. The highest BCUT2D eigenvalue weighted by Gasteiger charge is 2.46. The maximum absolute atomic E-state index is 11.6. The smallest absolute Gasteiger partial charge is 0.150 e. The maximum Gasteiger partial charge on any atom is 0.150 e. The first-order chi connectivity index (χ1) is 8.01. The zero-order valence-electron chi connectivity index (χ0n) is 10.5. The number of hydrogen-bond acceptors (Lipinski definition) is 3. The minimum atomic E-state index is -2.86. The van der Waals surface area contributed by atoms with Crippen LogP contribution >= 0.6 is 0 Å². The van der Waals surface area contributed by atoms with E-state index in [1.807, 2.05) is 0 Å². The van der Waals surface area contributed by atoms with Gasteiger partial charge in [0.15, 0.2) is 9.84 Å². The molecule has 1 saturated carbocycles. The topological polar surface area (TPSA) is 57.9 Å². The van der Waals surface area contributed by atoms with Crippen LogP contribution in [-0.2, 0) is 9.84 Å². The summed E-state index contributed by atoms with van der Waals surface area (Å²) in [6, 6.07) is 2.48. The normalized spacial score (nSPS) is 40.9. The van der Waals surface area contributed by atoms with Crippen LogP contribution in [0.3, 0.4) is 0 Å². The number of sulfone groups is 1. The van der Waals surface area contributed by atoms with Crippen LogP contribution in [0.25, 0.3) is 0 Å². The zero-order chi connectivity index (χ0) is 12.5. The van der Waals surface area contributed by atoms with E-state index in [1.54, 1.807) is 0 Å². The summed E-state index contributed by atoms with van der Waals surface area (Å²) in [5, 5.41) is 9.49. The Morgan fingerprint density at radius 3 is 2.35 bits per heavy atom. The summed E-state index contributed by atoms with van der Waals surface area (Å²) in [7, 11) is -2.86. The van der Waals surface area contributed by atoms with Crippen LogP contribution in [0.1, 0.15) is 45.4 Å². The Hall–Kier alpha value is -0.560. The second kappa shape index (κ2) is 4.61. The van der Waals surface area contributed by atoms with E-state index in [-0.39, 0.29) is 22.8 Å². The third-order valence-electron chi connectivity index (χ3n) is 4.81. The largest absolute Gasteiger partial charge is 0.229 e. The molecule has 3 nitrogen and oxygen atoms in total. The molecular weight excluding hydrogens is 234 g/mol. The van der Waals surface area contributed by atoms with Crippen LogP contribution in [0, 0.1) is 28.6 Å². The Morgan fingerprint density at radius 1 is 1.29 bits per heavy atom. The van der Waals surface area contributed by atoms with E-state index in [4.69, 9.17) is 0 Å². The van der Waals surface area contributed by atoms with Crippen molar-refractivity contribution in [3.8, 4) is 6.07 Å². The fourth-order valence-electron chi connectivity index (χ4n) is 3.44. The monoisotopic (exact) mass is 255 g/mol. The fourth-order valence-corrected chi connectivity index (χ4v) is 5.35. The van der Waals surface area contributed by atoms with E-state index < -0.39 is 9.84 Å². The van der Waals surface area contributed by atoms with Gasteiger partial charge in [-0.1, -0.05) is 13.3 Å². The van der Waals surface area contributed by atoms with Crippen LogP contribution < -0.4 is 0 Å². The quantitative estimate of drug-likeness (QED) is 0.762. The molecule has 17 heavy (non-hydrogen) atoms. The Labute approximate surface area is 104 Å². The average Bonchev–Trinajstić information content (AvgIpc) is 2.70. The second-order valence-corrected chi connectivity index (χ2v) is 7.95. The zero-order valence-corrected chi connectivity index (χ0v) is 11.3. The van der Waals surface area contributed by atoms with Crippen molar-refractivity contribution in [2.75, 3.05) is 11.5 Å². The summed E-state index contributed by atoms with van der Waals surface area (Å²) >= 11 is 0. The third kappa shape index (κ3) is 2.49. The number of rotatable bonds is 2. The van der Waals surface area contributed by atoms with Crippen LogP contribution in [-0.4, -0.2) is 19.9 Å². The molecular formula is C13H21NO2S. The van der Waals surface area contributed by atoms with Gasteiger partial charge in [0.1, 0.15) is 0 Å². The molecule has 0 aromatic heterocycles. The molecule has 0 spiro atoms. The van der Waals surface area contributed by atoms with Gasteiger partial charge in [-0.05, 0) is 43.9 Å². The van der Waals surface area contributed by atoms with Crippen molar-refractivity contribution in [3.63, 3.8) is 0 Å². The Morgan fingerprint density at radius 2 is 1.94 bits per heavy atom. The summed E-state index contributed by atoms with van der Waals surface area (Å²) in [6.07, 6.45) is 5.89. The van der Waals surface area contributed by atoms with Gasteiger partial charge in [0, 0.05) is 0 Å². The molecule has 0 bridgehead atoms. The van der Waals surface area contributed by atoms with Crippen molar-refractivity contribution >= 4 is 9.84 Å². The van der Waals surface area contributed by atoms with Crippen molar-refractivity contribution in [1.82, 2.24) is 0 Å². The first-order valence-corrected chi connectivity index (χ1v) is 8.45. The molecule has 1 atom stereocenters. The van der Waals surface area contributed by atoms with Gasteiger partial charge < -0.3 is 0 Å². The predicted octanol–water partition coefficient (Wildman–Crippen LogP) is 2.53. The molecule has 0 radical (unpaired) electrons. The minimum Gasteiger partial charge on any atom is -0.229 e. The summed E-state index contributed by atoms with van der Waals surface area (Å²) < 4.78 is 23.1. The number of hydrogen-bond donors (Lipinski definition) is 0. The van der Waals surface area contributed by atoms with Gasteiger partial charge in [0.05, 0.1) is 23.0 Å². The average molecular weight is 255 g/mol. The summed E-state index contributed by atoms with van der Waals surface area (Å²) in [6.45, 7) is 2.20. The van der Waals surface area contributed by atoms with Gasteiger partial charge in [0.2, 0.25) is 0 Å². The van der Waals surface area contributed by atoms with Crippen molar-refractivity contribution in [2.45, 2.75) is 45.4 Å². The summed E-state index contributed by atoms with van der Waals surface area (Å²) in [4.78, 5) is 0. The SMILES string of the molecule is CCC1CCC(C#N)(C2CCS(=O)(=O)C2)CC1. The van der Waals surface area contributed by atoms with E-state index in [1.165, 1.54) is 6.42 Å². The highest BCUT2D eigenvalue weighted by atomic mass is 32.2. The van der Waals surface area contributed by atoms with Gasteiger partial charge in [-0.15, -0.1) is 0 Å². The van der Waals surface area contributed by atoms with Crippen LogP contribution in [0.4, 0.5) is 0 Å². The standard InChI is InChI=1S/C13H21NO2S/c1-2-11-3-6-13(10-14,7-4-11)12-5-8-17(15,16)9-12/h11-12H,2-9H2,1H3. The van der Waals surface area contributed by atoms with Crippen LogP contribution in [0.5, 0.6) is 0 Å². The molecule has 1 heterocycles. The van der Waals surface area contributed by atoms with Crippen molar-refractivity contribution < 1.29 is 8.42 Å². The molecule has 96 valence electrons. The number of nitriles is 1. The highest BCUT2D eigenvalue weighted by molar-refractivity contribution is 7.91. The van der Waals surface area contributed by atoms with Crippen LogP contribution in [0.15, 0.2) is 0 Å². The molecule has 1 aliphatic heterocycles. The van der Waals surface area contributed by atoms with Gasteiger partial charge >= 0.3 is 0 Å². The van der Waals surface area contributed by atoms with Gasteiger partial charge in [-0.2, -0.15) is 5.26 Å². The lowest BCUT2D eigenvalue weighted by Gasteiger charge is -2.38. The van der Waals surface area contributed by atoms with Gasteiger partial charge in [0.25, 0.3) is 0 Å². The molecule has 2 aliphatic rings. The Bertz CT molecular complexity index is 413. The van der Waals surface area contributed by atoms with Crippen LogP contribution in [0.2, 0.25) is 0 Å². The molecule has 1 aliphatic carbocycles. The molecule has 1 saturated heterocycles. The maximum atomic E-state index is 11.6. The van der Waals surface area contributed by atoms with Crippen molar-refractivity contribution in [1.29, 1.82) is 5.26 Å². The molecule has 1 unspecified atom stereocenters. The lowest BCUT2D eigenvalue weighted by atomic mass is 9.64. The highest BCUT2D eigenvalue weighted by Crippen LogP contribution is 2.48. The first kappa shape index (κ1) is 12.9. The minimum absolute atomic E-state index is 0.0929. The van der Waals surface area contributed by atoms with Crippen molar-refractivity contribution in [3.05, 3.63) is 0 Å². The molecule has 2 fully saturated rings. The molecule has 2 rings (SSSR count). The van der Waals surface area contributed by atoms with Crippen molar-refractivity contribution in [2.24, 2.45) is 17.3 Å². The molecule has 4 heteroatoms. The Balaban J connectivity index is 2.10. The van der Waals surface area contributed by atoms with E-state index in [2.05, 4.69) is 13.0 Å². The first-order valence-electron chi connectivity index (χ1n) is 6.63. The van der Waals surface area contributed by atoms with E-state index in [0.29, 0.717) is 6.42 Å². The molecule has 0 aromatic rings. The van der Waals surface area contributed by atoms with E-state index in [9.17, 15) is 13.7 Å². The van der Waals surface area contributed by atoms with Gasteiger partial charge in [-0.3, -0.25) is 0 Å². The number of nitrogens with zero attached hydrogens (tertiary/aromatic N) is 1. The molecule has 0 N–H and O–H groups in total. The lowest BCUT2D eigenvalue weighted by molar-refractivity contribution is 0.144. The Kier molecular flexibility index (Phi) is 3.49. The third-order valence-corrected chi connectivity index (χ3v) is 6.58. The molecule has 0 amide bonds. The second-order valence-electron chi connectivity index (χ2n) is 5.72. The fraction of sp³-hybridized carbons (Fsp3) is 0.923.